The van der Waals surface area contributed by atoms with E-state index in [2.05, 4.69) is 40.1 Å². The van der Waals surface area contributed by atoms with E-state index in [0.29, 0.717) is 30.3 Å². The lowest BCUT2D eigenvalue weighted by atomic mass is 9.71. The molecule has 5 nitrogen and oxygen atoms in total. The maximum atomic E-state index is 14.3. The van der Waals surface area contributed by atoms with Gasteiger partial charge in [0.05, 0.1) is 10.9 Å². The first-order valence-corrected chi connectivity index (χ1v) is 13.2. The van der Waals surface area contributed by atoms with Crippen molar-refractivity contribution in [2.24, 2.45) is 11.3 Å². The molecule has 3 aliphatic heterocycles. The lowest BCUT2D eigenvalue weighted by molar-refractivity contribution is -0.150. The highest BCUT2D eigenvalue weighted by molar-refractivity contribution is 5.84. The predicted octanol–water partition coefficient (Wildman–Crippen LogP) is 4.74. The highest BCUT2D eigenvalue weighted by Gasteiger charge is 2.50. The van der Waals surface area contributed by atoms with Gasteiger partial charge in [0, 0.05) is 24.5 Å². The smallest absolute Gasteiger partial charge is 0.229 e. The SMILES string of the molecule is CN1CCC(Cc2cccc(F)c2)(C(=O)N2C3CCC2CC(Cc2cccn4nccc24)C3)CC1. The highest BCUT2D eigenvalue weighted by Crippen LogP contribution is 2.45. The number of carbonyl (C=O) groups is 1. The molecule has 5 heterocycles. The van der Waals surface area contributed by atoms with Crippen molar-refractivity contribution in [1.29, 1.82) is 0 Å². The molecule has 0 saturated carbocycles. The zero-order chi connectivity index (χ0) is 24.0. The lowest BCUT2D eigenvalue weighted by Gasteiger charge is -2.47. The van der Waals surface area contributed by atoms with Crippen LogP contribution in [0.1, 0.15) is 49.7 Å². The summed E-state index contributed by atoms with van der Waals surface area (Å²) < 4.78 is 15.9. The molecule has 2 unspecified atom stereocenters. The zero-order valence-electron chi connectivity index (χ0n) is 20.6. The molecule has 3 saturated heterocycles. The van der Waals surface area contributed by atoms with Crippen molar-refractivity contribution < 1.29 is 9.18 Å². The van der Waals surface area contributed by atoms with Crippen LogP contribution in [0.3, 0.4) is 0 Å². The Kier molecular flexibility index (Phi) is 5.87. The molecular weight excluding hydrogens is 439 g/mol. The van der Waals surface area contributed by atoms with Gasteiger partial charge in [0.1, 0.15) is 5.82 Å². The molecule has 2 aromatic heterocycles. The summed E-state index contributed by atoms with van der Waals surface area (Å²) in [5, 5.41) is 4.39. The minimum Gasteiger partial charge on any atom is -0.336 e. The molecule has 0 N–H and O–H groups in total. The van der Waals surface area contributed by atoms with Crippen LogP contribution in [0.4, 0.5) is 4.39 Å². The molecule has 0 spiro atoms. The number of fused-ring (bicyclic) bond motifs is 3. The number of likely N-dealkylation sites (tertiary alicyclic amines) is 1. The monoisotopic (exact) mass is 474 g/mol. The van der Waals surface area contributed by atoms with Gasteiger partial charge in [0.25, 0.3) is 0 Å². The van der Waals surface area contributed by atoms with Crippen molar-refractivity contribution in [1.82, 2.24) is 19.4 Å². The minimum absolute atomic E-state index is 0.216. The van der Waals surface area contributed by atoms with Gasteiger partial charge in [0.2, 0.25) is 5.91 Å². The van der Waals surface area contributed by atoms with Crippen molar-refractivity contribution in [3.8, 4) is 0 Å². The van der Waals surface area contributed by atoms with Gasteiger partial charge in [-0.1, -0.05) is 18.2 Å². The summed E-state index contributed by atoms with van der Waals surface area (Å²) in [5.41, 5.74) is 3.07. The number of aromatic nitrogens is 2. The molecule has 184 valence electrons. The largest absolute Gasteiger partial charge is 0.336 e. The third-order valence-corrected chi connectivity index (χ3v) is 8.93. The number of carbonyl (C=O) groups excluding carboxylic acids is 1. The fourth-order valence-electron chi connectivity index (χ4n) is 7.11. The zero-order valence-corrected chi connectivity index (χ0v) is 20.6. The van der Waals surface area contributed by atoms with Gasteiger partial charge < -0.3 is 9.80 Å². The second-order valence-electron chi connectivity index (χ2n) is 11.2. The summed E-state index contributed by atoms with van der Waals surface area (Å²) in [6, 6.07) is 13.9. The first-order chi connectivity index (χ1) is 17.0. The van der Waals surface area contributed by atoms with Crippen LogP contribution in [-0.2, 0) is 17.6 Å². The van der Waals surface area contributed by atoms with Crippen LogP contribution in [0.2, 0.25) is 0 Å². The van der Waals surface area contributed by atoms with Crippen molar-refractivity contribution >= 4 is 11.4 Å². The molecule has 2 atom stereocenters. The van der Waals surface area contributed by atoms with Gasteiger partial charge in [-0.05, 0) is 113 Å². The molecule has 0 radical (unpaired) electrons. The van der Waals surface area contributed by atoms with Gasteiger partial charge in [-0.2, -0.15) is 5.10 Å². The van der Waals surface area contributed by atoms with Gasteiger partial charge in [0.15, 0.2) is 0 Å². The number of amides is 1. The van der Waals surface area contributed by atoms with E-state index in [9.17, 15) is 9.18 Å². The molecule has 3 aromatic rings. The number of halogens is 1. The molecule has 6 rings (SSSR count). The van der Waals surface area contributed by atoms with Crippen molar-refractivity contribution in [2.75, 3.05) is 20.1 Å². The third kappa shape index (κ3) is 4.26. The standard InChI is InChI=1S/C29H35FN4O/c1-32-14-10-29(11-15-32,20-21-4-2-6-24(30)17-21)28(35)34-25-7-8-26(34)19-22(18-25)16-23-5-3-13-33-27(23)9-12-31-33/h2-6,9,12-13,17,22,25-26H,7-8,10-11,14-16,18-20H2,1H3. The normalized spacial score (nSPS) is 26.3. The maximum absolute atomic E-state index is 14.3. The van der Waals surface area contributed by atoms with Crippen molar-refractivity contribution in [3.63, 3.8) is 0 Å². The molecule has 6 heteroatoms. The number of hydrogen-bond donors (Lipinski definition) is 0. The van der Waals surface area contributed by atoms with Crippen molar-refractivity contribution in [3.05, 3.63) is 71.8 Å². The third-order valence-electron chi connectivity index (χ3n) is 8.93. The minimum atomic E-state index is -0.419. The van der Waals surface area contributed by atoms with Crippen LogP contribution >= 0.6 is 0 Å². The first-order valence-electron chi connectivity index (χ1n) is 13.2. The van der Waals surface area contributed by atoms with Crippen LogP contribution in [0.25, 0.3) is 5.52 Å². The van der Waals surface area contributed by atoms with Gasteiger partial charge in [-0.25, -0.2) is 8.91 Å². The number of hydrogen-bond acceptors (Lipinski definition) is 3. The fraction of sp³-hybridized carbons (Fsp3) is 0.517. The van der Waals surface area contributed by atoms with E-state index in [-0.39, 0.29) is 5.82 Å². The number of rotatable bonds is 5. The summed E-state index contributed by atoms with van der Waals surface area (Å²) in [4.78, 5) is 18.9. The Morgan fingerprint density at radius 1 is 1.09 bits per heavy atom. The number of pyridine rings is 1. The Morgan fingerprint density at radius 2 is 1.86 bits per heavy atom. The Labute approximate surface area is 206 Å². The van der Waals surface area contributed by atoms with E-state index in [4.69, 9.17) is 0 Å². The summed E-state index contributed by atoms with van der Waals surface area (Å²) in [6.07, 6.45) is 11.6. The topological polar surface area (TPSA) is 40.9 Å². The Hall–Kier alpha value is -2.73. The summed E-state index contributed by atoms with van der Waals surface area (Å²) >= 11 is 0. The van der Waals surface area contributed by atoms with Crippen LogP contribution in [0.15, 0.2) is 54.9 Å². The molecule has 0 aliphatic carbocycles. The van der Waals surface area contributed by atoms with E-state index >= 15 is 0 Å². The fourth-order valence-corrected chi connectivity index (χ4v) is 7.11. The van der Waals surface area contributed by atoms with Gasteiger partial charge in [-0.3, -0.25) is 4.79 Å². The van der Waals surface area contributed by atoms with Crippen LogP contribution in [0, 0.1) is 17.2 Å². The molecular formula is C29H35FN4O. The summed E-state index contributed by atoms with van der Waals surface area (Å²) in [6.45, 7) is 1.84. The molecule has 3 fully saturated rings. The summed E-state index contributed by atoms with van der Waals surface area (Å²) in [7, 11) is 2.13. The van der Waals surface area contributed by atoms with E-state index < -0.39 is 5.41 Å². The van der Waals surface area contributed by atoms with E-state index in [1.807, 2.05) is 23.0 Å². The Morgan fingerprint density at radius 3 is 2.60 bits per heavy atom. The molecule has 2 bridgehead atoms. The van der Waals surface area contributed by atoms with Gasteiger partial charge in [-0.15, -0.1) is 0 Å². The average Bonchev–Trinajstić information content (AvgIpc) is 3.43. The lowest BCUT2D eigenvalue weighted by Crippen LogP contribution is -2.56. The van der Waals surface area contributed by atoms with Crippen molar-refractivity contribution in [2.45, 2.75) is 63.5 Å². The molecule has 1 aromatic carbocycles. The summed E-state index contributed by atoms with van der Waals surface area (Å²) in [5.74, 6) is 0.708. The second-order valence-corrected chi connectivity index (χ2v) is 11.2. The predicted molar refractivity (Wildman–Crippen MR) is 135 cm³/mol. The molecule has 3 aliphatic rings. The van der Waals surface area contributed by atoms with Crippen LogP contribution in [-0.4, -0.2) is 57.5 Å². The van der Waals surface area contributed by atoms with Crippen LogP contribution < -0.4 is 0 Å². The van der Waals surface area contributed by atoms with E-state index in [1.165, 1.54) is 17.1 Å². The quantitative estimate of drug-likeness (QED) is 0.536. The Balaban J connectivity index is 1.22. The number of nitrogens with zero attached hydrogens (tertiary/aromatic N) is 4. The maximum Gasteiger partial charge on any atom is 0.229 e. The average molecular weight is 475 g/mol. The molecule has 35 heavy (non-hydrogen) atoms. The van der Waals surface area contributed by atoms with E-state index in [1.54, 1.807) is 12.1 Å². The molecule has 1 amide bonds. The van der Waals surface area contributed by atoms with Crippen LogP contribution in [0.5, 0.6) is 0 Å². The van der Waals surface area contributed by atoms with Gasteiger partial charge >= 0.3 is 0 Å². The first kappa shape index (κ1) is 22.7. The number of piperidine rings is 2. The second kappa shape index (κ2) is 9.05. The highest BCUT2D eigenvalue weighted by atomic mass is 19.1. The Bertz CT molecular complexity index is 1200. The number of benzene rings is 1. The van der Waals surface area contributed by atoms with E-state index in [0.717, 1.165) is 63.6 Å².